The Balaban J connectivity index is 1.74. The molecule has 2 heterocycles. The molecule has 0 fully saturated rings. The molecule has 1 unspecified atom stereocenters. The van der Waals surface area contributed by atoms with Crippen LogP contribution in [-0.2, 0) is 7.05 Å². The van der Waals surface area contributed by atoms with Crippen LogP contribution in [0.15, 0.2) is 48.7 Å². The second kappa shape index (κ2) is 7.04. The van der Waals surface area contributed by atoms with Crippen LogP contribution in [-0.4, -0.2) is 34.2 Å². The molecule has 1 aliphatic rings. The zero-order valence-corrected chi connectivity index (χ0v) is 15.6. The third-order valence-electron chi connectivity index (χ3n) is 4.65. The molecule has 2 aromatic carbocycles. The lowest BCUT2D eigenvalue weighted by Gasteiger charge is -2.39. The number of carbonyl (C=O) groups excluding carboxylic acids is 1. The van der Waals surface area contributed by atoms with E-state index in [0.29, 0.717) is 16.3 Å². The molecule has 0 radical (unpaired) electrons. The van der Waals surface area contributed by atoms with E-state index < -0.39 is 29.6 Å². The molecule has 0 aliphatic carbocycles. The van der Waals surface area contributed by atoms with Gasteiger partial charge >= 0.3 is 0 Å². The van der Waals surface area contributed by atoms with E-state index in [9.17, 15) is 18.7 Å². The fourth-order valence-corrected chi connectivity index (χ4v) is 3.27. The Morgan fingerprint density at radius 3 is 2.31 bits per heavy atom. The third kappa shape index (κ3) is 3.11. The van der Waals surface area contributed by atoms with Crippen LogP contribution < -0.4 is 9.80 Å². The average Bonchev–Trinajstić information content (AvgIpc) is 3.09. The number of nitrogens with zero attached hydrogens (tertiary/aromatic N) is 4. The quantitative estimate of drug-likeness (QED) is 0.645. The fourth-order valence-electron chi connectivity index (χ4n) is 3.27. The Kier molecular flexibility index (Phi) is 4.53. The first-order valence-electron chi connectivity index (χ1n) is 8.71. The summed E-state index contributed by atoms with van der Waals surface area (Å²) in [6, 6.07) is 11.1. The van der Waals surface area contributed by atoms with Crippen LogP contribution in [0.5, 0.6) is 0 Å². The number of halogens is 2. The average molecular weight is 394 g/mol. The first kappa shape index (κ1) is 18.7. The van der Waals surface area contributed by atoms with Gasteiger partial charge in [0.05, 0.1) is 6.20 Å². The number of carbonyl (C=O) groups is 1. The summed E-state index contributed by atoms with van der Waals surface area (Å²) in [4.78, 5) is 14.8. The predicted molar refractivity (Wildman–Crippen MR) is 103 cm³/mol. The molecule has 1 aromatic heterocycles. The zero-order chi connectivity index (χ0) is 20.7. The van der Waals surface area contributed by atoms with Crippen molar-refractivity contribution >= 4 is 17.4 Å². The van der Waals surface area contributed by atoms with Gasteiger partial charge in [-0.2, -0.15) is 5.10 Å². The summed E-state index contributed by atoms with van der Waals surface area (Å²) in [7, 11) is 3.10. The van der Waals surface area contributed by atoms with Crippen LogP contribution in [0.2, 0.25) is 0 Å². The van der Waals surface area contributed by atoms with Gasteiger partial charge in [-0.3, -0.25) is 14.4 Å². The number of benzene rings is 2. The van der Waals surface area contributed by atoms with Crippen LogP contribution in [0.3, 0.4) is 0 Å². The van der Waals surface area contributed by atoms with Crippen molar-refractivity contribution in [3.8, 4) is 11.8 Å². The third-order valence-corrected chi connectivity index (χ3v) is 4.65. The summed E-state index contributed by atoms with van der Waals surface area (Å²) >= 11 is 0. The maximum absolute atomic E-state index is 14.8. The number of fused-ring (bicyclic) bond motifs is 1. The molecule has 3 aromatic rings. The predicted octanol–water partition coefficient (Wildman–Crippen LogP) is 2.47. The van der Waals surface area contributed by atoms with Gasteiger partial charge in [-0.05, 0) is 24.3 Å². The topological polar surface area (TPSA) is 61.6 Å². The van der Waals surface area contributed by atoms with Crippen molar-refractivity contribution in [2.24, 2.45) is 7.05 Å². The number of rotatable bonds is 1. The molecule has 29 heavy (non-hydrogen) atoms. The van der Waals surface area contributed by atoms with Gasteiger partial charge in [0.2, 0.25) is 6.35 Å². The van der Waals surface area contributed by atoms with Gasteiger partial charge in [0, 0.05) is 25.2 Å². The van der Waals surface area contributed by atoms with Crippen LogP contribution in [0.1, 0.15) is 21.5 Å². The number of amides is 1. The molecule has 4 rings (SSSR count). The van der Waals surface area contributed by atoms with Gasteiger partial charge in [0.25, 0.3) is 5.91 Å². The minimum Gasteiger partial charge on any atom is -0.356 e. The summed E-state index contributed by atoms with van der Waals surface area (Å²) in [6.07, 6.45) is -0.307. The first-order valence-corrected chi connectivity index (χ1v) is 8.71. The number of aromatic nitrogens is 2. The van der Waals surface area contributed by atoms with Crippen molar-refractivity contribution in [2.75, 3.05) is 16.8 Å². The Labute approximate surface area is 165 Å². The van der Waals surface area contributed by atoms with E-state index in [1.807, 2.05) is 6.07 Å². The molecular formula is C21H16F2N4O2. The van der Waals surface area contributed by atoms with Crippen LogP contribution in [0, 0.1) is 23.5 Å². The molecule has 0 saturated heterocycles. The molecule has 1 amide bonds. The fraction of sp³-hybridized carbons (Fsp3) is 0.143. The molecule has 0 saturated carbocycles. The Morgan fingerprint density at radius 2 is 1.66 bits per heavy atom. The summed E-state index contributed by atoms with van der Waals surface area (Å²) in [6.45, 7) is 0. The first-order chi connectivity index (χ1) is 13.9. The van der Waals surface area contributed by atoms with Crippen molar-refractivity contribution < 1.29 is 18.7 Å². The minimum atomic E-state index is -1.60. The Hall–Kier alpha value is -3.70. The maximum Gasteiger partial charge on any atom is 0.267 e. The smallest absolute Gasteiger partial charge is 0.267 e. The van der Waals surface area contributed by atoms with E-state index in [1.165, 1.54) is 22.8 Å². The monoisotopic (exact) mass is 394 g/mol. The van der Waals surface area contributed by atoms with E-state index in [0.717, 1.165) is 12.1 Å². The number of anilines is 2. The molecule has 1 aliphatic heterocycles. The SMILES string of the molecule is CN1c2c(cnn2C)C(=O)N(c2c(F)cc(C#Cc3ccccc3)cc2F)C1O. The number of aliphatic hydroxyl groups is 1. The highest BCUT2D eigenvalue weighted by molar-refractivity contribution is 6.11. The molecule has 146 valence electrons. The summed E-state index contributed by atoms with van der Waals surface area (Å²) < 4.78 is 31.1. The highest BCUT2D eigenvalue weighted by Crippen LogP contribution is 2.35. The van der Waals surface area contributed by atoms with Gasteiger partial charge in [-0.15, -0.1) is 0 Å². The summed E-state index contributed by atoms with van der Waals surface area (Å²) in [5.41, 5.74) is 0.299. The minimum absolute atomic E-state index is 0.113. The van der Waals surface area contributed by atoms with Crippen molar-refractivity contribution in [1.29, 1.82) is 0 Å². The van der Waals surface area contributed by atoms with Crippen LogP contribution in [0.4, 0.5) is 20.3 Å². The molecule has 1 N–H and O–H groups in total. The van der Waals surface area contributed by atoms with Gasteiger partial charge < -0.3 is 10.0 Å². The molecule has 8 heteroatoms. The van der Waals surface area contributed by atoms with Crippen LogP contribution >= 0.6 is 0 Å². The molecular weight excluding hydrogens is 378 g/mol. The Bertz CT molecular complexity index is 1140. The summed E-state index contributed by atoms with van der Waals surface area (Å²) in [5.74, 6) is 3.12. The Morgan fingerprint density at radius 1 is 1.03 bits per heavy atom. The standard InChI is InChI=1S/C21H16F2N4O2/c1-25-19-15(12-24-26(19)2)20(28)27(21(25)29)18-16(22)10-14(11-17(18)23)9-8-13-6-4-3-5-7-13/h3-7,10-12,21,29H,1-2H3. The van der Waals surface area contributed by atoms with E-state index >= 15 is 0 Å². The van der Waals surface area contributed by atoms with Crippen LogP contribution in [0.25, 0.3) is 0 Å². The largest absolute Gasteiger partial charge is 0.356 e. The van der Waals surface area contributed by atoms with Crippen molar-refractivity contribution in [3.05, 3.63) is 77.0 Å². The lowest BCUT2D eigenvalue weighted by atomic mass is 10.1. The second-order valence-corrected chi connectivity index (χ2v) is 6.54. The number of hydrogen-bond acceptors (Lipinski definition) is 4. The number of aliphatic hydroxyl groups excluding tert-OH is 1. The summed E-state index contributed by atoms with van der Waals surface area (Å²) in [5, 5.41) is 14.5. The van der Waals surface area contributed by atoms with Gasteiger partial charge in [-0.25, -0.2) is 8.78 Å². The lowest BCUT2D eigenvalue weighted by molar-refractivity contribution is 0.0859. The van der Waals surface area contributed by atoms with Crippen molar-refractivity contribution in [2.45, 2.75) is 6.35 Å². The van der Waals surface area contributed by atoms with Gasteiger partial charge in [0.1, 0.15) is 17.1 Å². The van der Waals surface area contributed by atoms with Crippen molar-refractivity contribution in [1.82, 2.24) is 9.78 Å². The zero-order valence-electron chi connectivity index (χ0n) is 15.6. The molecule has 1 atom stereocenters. The molecule has 0 bridgehead atoms. The normalized spacial score (nSPS) is 15.8. The number of aryl methyl sites for hydroxylation is 1. The van der Waals surface area contributed by atoms with Gasteiger partial charge in [0.15, 0.2) is 11.6 Å². The number of hydrogen-bond donors (Lipinski definition) is 1. The lowest BCUT2D eigenvalue weighted by Crippen LogP contribution is -2.55. The molecule has 6 nitrogen and oxygen atoms in total. The second-order valence-electron chi connectivity index (χ2n) is 6.54. The molecule has 0 spiro atoms. The van der Waals surface area contributed by atoms with Crippen molar-refractivity contribution in [3.63, 3.8) is 0 Å². The maximum atomic E-state index is 14.8. The van der Waals surface area contributed by atoms with Gasteiger partial charge in [-0.1, -0.05) is 30.0 Å². The van der Waals surface area contributed by atoms with E-state index in [2.05, 4.69) is 16.9 Å². The highest BCUT2D eigenvalue weighted by Gasteiger charge is 2.40. The highest BCUT2D eigenvalue weighted by atomic mass is 19.1. The van der Waals surface area contributed by atoms with E-state index in [-0.39, 0.29) is 11.1 Å². The van der Waals surface area contributed by atoms with E-state index in [4.69, 9.17) is 0 Å². The van der Waals surface area contributed by atoms with E-state index in [1.54, 1.807) is 31.3 Å².